The van der Waals surface area contributed by atoms with Gasteiger partial charge in [-0.05, 0) is 62.3 Å². The molecule has 2 saturated heterocycles. The molecule has 4 rings (SSSR count). The van der Waals surface area contributed by atoms with Crippen molar-refractivity contribution < 1.29 is 18.9 Å². The molecule has 1 spiro atoms. The summed E-state index contributed by atoms with van der Waals surface area (Å²) in [4.78, 5) is 41.0. The molecule has 34 heavy (non-hydrogen) atoms. The van der Waals surface area contributed by atoms with E-state index in [0.29, 0.717) is 59.5 Å². The van der Waals surface area contributed by atoms with Crippen molar-refractivity contribution in [3.05, 3.63) is 51.9 Å². The van der Waals surface area contributed by atoms with E-state index in [0.717, 1.165) is 19.3 Å². The van der Waals surface area contributed by atoms with Gasteiger partial charge in [-0.2, -0.15) is 0 Å². The fraction of sp³-hybridized carbons (Fsp3) is 0.440. The molecule has 0 aliphatic carbocycles. The van der Waals surface area contributed by atoms with E-state index in [9.17, 15) is 14.4 Å². The maximum atomic E-state index is 12.9. The number of aryl methyl sites for hydroxylation is 2. The van der Waals surface area contributed by atoms with Crippen LogP contribution in [0.25, 0.3) is 6.08 Å². The van der Waals surface area contributed by atoms with Crippen molar-refractivity contribution in [1.82, 2.24) is 15.0 Å². The van der Waals surface area contributed by atoms with Crippen molar-refractivity contribution in [2.75, 3.05) is 31.5 Å². The Morgan fingerprint density at radius 3 is 2.41 bits per heavy atom. The Labute approximate surface area is 203 Å². The average Bonchev–Trinajstić information content (AvgIpc) is 3.35. The molecule has 1 aromatic heterocycles. The van der Waals surface area contributed by atoms with Crippen LogP contribution in [0.3, 0.4) is 0 Å². The number of likely N-dealkylation sites (tertiary alicyclic amines) is 2. The van der Waals surface area contributed by atoms with Gasteiger partial charge in [-0.3, -0.25) is 14.4 Å². The number of nitrogens with zero attached hydrogens (tertiary/aromatic N) is 3. The van der Waals surface area contributed by atoms with Crippen LogP contribution >= 0.6 is 11.6 Å². The van der Waals surface area contributed by atoms with E-state index in [1.165, 1.54) is 6.92 Å². The number of carbonyl (C=O) groups is 3. The summed E-state index contributed by atoms with van der Waals surface area (Å²) in [5, 5.41) is 7.15. The van der Waals surface area contributed by atoms with Crippen LogP contribution < -0.4 is 5.32 Å². The summed E-state index contributed by atoms with van der Waals surface area (Å²) in [6.45, 7) is 7.67. The Kier molecular flexibility index (Phi) is 6.79. The van der Waals surface area contributed by atoms with Gasteiger partial charge in [0.25, 0.3) is 5.91 Å². The summed E-state index contributed by atoms with van der Waals surface area (Å²) < 4.78 is 5.15. The van der Waals surface area contributed by atoms with Crippen LogP contribution in [0.4, 0.5) is 5.69 Å². The van der Waals surface area contributed by atoms with E-state index >= 15 is 0 Å². The first-order chi connectivity index (χ1) is 16.2. The molecule has 0 radical (unpaired) electrons. The van der Waals surface area contributed by atoms with E-state index in [2.05, 4.69) is 10.5 Å². The largest absolute Gasteiger partial charge is 0.361 e. The van der Waals surface area contributed by atoms with E-state index < -0.39 is 0 Å². The number of piperidine rings is 1. The highest BCUT2D eigenvalue weighted by atomic mass is 35.5. The smallest absolute Gasteiger partial charge is 0.259 e. The number of rotatable bonds is 4. The van der Waals surface area contributed by atoms with Crippen LogP contribution in [-0.4, -0.2) is 58.9 Å². The molecule has 3 amide bonds. The summed E-state index contributed by atoms with van der Waals surface area (Å²) in [5.41, 5.74) is 2.51. The lowest BCUT2D eigenvalue weighted by atomic mass is 9.77. The van der Waals surface area contributed by atoms with Crippen LogP contribution in [0.1, 0.15) is 53.6 Å². The Hall–Kier alpha value is -3.13. The maximum Gasteiger partial charge on any atom is 0.259 e. The summed E-state index contributed by atoms with van der Waals surface area (Å²) in [6.07, 6.45) is 5.90. The van der Waals surface area contributed by atoms with Gasteiger partial charge in [-0.1, -0.05) is 22.8 Å². The van der Waals surface area contributed by atoms with Crippen molar-refractivity contribution in [3.63, 3.8) is 0 Å². The minimum absolute atomic E-state index is 0.0297. The zero-order valence-electron chi connectivity index (χ0n) is 19.7. The molecule has 8 nitrogen and oxygen atoms in total. The molecule has 3 heterocycles. The Morgan fingerprint density at radius 2 is 1.79 bits per heavy atom. The van der Waals surface area contributed by atoms with Crippen LogP contribution in [0.5, 0.6) is 0 Å². The van der Waals surface area contributed by atoms with Gasteiger partial charge in [0.2, 0.25) is 11.8 Å². The first-order valence-electron chi connectivity index (χ1n) is 11.4. The monoisotopic (exact) mass is 484 g/mol. The van der Waals surface area contributed by atoms with Gasteiger partial charge in [-0.15, -0.1) is 0 Å². The third kappa shape index (κ3) is 5.01. The highest BCUT2D eigenvalue weighted by molar-refractivity contribution is 6.31. The summed E-state index contributed by atoms with van der Waals surface area (Å²) in [5.74, 6) is 0.256. The third-order valence-corrected chi connectivity index (χ3v) is 7.08. The van der Waals surface area contributed by atoms with Gasteiger partial charge in [-0.25, -0.2) is 0 Å². The lowest BCUT2D eigenvalue weighted by Gasteiger charge is -2.39. The van der Waals surface area contributed by atoms with Gasteiger partial charge in [0.05, 0.1) is 5.69 Å². The van der Waals surface area contributed by atoms with Crippen molar-refractivity contribution in [3.8, 4) is 0 Å². The quantitative estimate of drug-likeness (QED) is 0.660. The van der Waals surface area contributed by atoms with Gasteiger partial charge >= 0.3 is 0 Å². The first kappa shape index (κ1) is 24.0. The van der Waals surface area contributed by atoms with Gasteiger partial charge in [0, 0.05) is 49.9 Å². The first-order valence-corrected chi connectivity index (χ1v) is 11.8. The van der Waals surface area contributed by atoms with Crippen LogP contribution in [0, 0.1) is 19.3 Å². The van der Waals surface area contributed by atoms with Crippen LogP contribution in [-0.2, 0) is 9.59 Å². The second kappa shape index (κ2) is 9.62. The minimum Gasteiger partial charge on any atom is -0.361 e. The molecule has 0 bridgehead atoms. The fourth-order valence-electron chi connectivity index (χ4n) is 4.90. The number of anilines is 1. The predicted octanol–water partition coefficient (Wildman–Crippen LogP) is 4.07. The molecule has 2 aliphatic rings. The Morgan fingerprint density at radius 1 is 1.12 bits per heavy atom. The van der Waals surface area contributed by atoms with Gasteiger partial charge < -0.3 is 19.6 Å². The molecule has 0 unspecified atom stereocenters. The van der Waals surface area contributed by atoms with E-state index in [1.54, 1.807) is 44.2 Å². The maximum absolute atomic E-state index is 12.9. The van der Waals surface area contributed by atoms with Crippen molar-refractivity contribution in [2.24, 2.45) is 5.41 Å². The molecule has 9 heteroatoms. The normalized spacial score (nSPS) is 17.5. The molecule has 0 saturated carbocycles. The molecule has 1 aromatic carbocycles. The zero-order chi connectivity index (χ0) is 24.5. The molecule has 2 fully saturated rings. The zero-order valence-corrected chi connectivity index (χ0v) is 20.4. The number of hydrogen-bond acceptors (Lipinski definition) is 5. The molecule has 2 aliphatic heterocycles. The molecule has 2 aromatic rings. The SMILES string of the molecule is CC(=O)Nc1cc(Cl)ccc1C=CC(=O)N1CCC2(CCN(C(=O)c3c(C)noc3C)CC2)C1. The molecular weight excluding hydrogens is 456 g/mol. The minimum atomic E-state index is -0.205. The molecule has 0 atom stereocenters. The second-order valence-electron chi connectivity index (χ2n) is 9.25. The Balaban J connectivity index is 1.36. The summed E-state index contributed by atoms with van der Waals surface area (Å²) in [7, 11) is 0. The molecular formula is C25H29ClN4O4. The standard InChI is InChI=1S/C25H29ClN4O4/c1-16-23(17(2)34-28-16)24(33)29-11-8-25(9-12-29)10-13-30(15-25)22(32)7-5-19-4-6-20(26)14-21(19)27-18(3)31/h4-7,14H,8-13,15H2,1-3H3,(H,27,31). The predicted molar refractivity (Wildman–Crippen MR) is 130 cm³/mol. The van der Waals surface area contributed by atoms with E-state index in [4.69, 9.17) is 16.1 Å². The highest BCUT2D eigenvalue weighted by Crippen LogP contribution is 2.41. The van der Waals surface area contributed by atoms with Crippen molar-refractivity contribution in [1.29, 1.82) is 0 Å². The fourth-order valence-corrected chi connectivity index (χ4v) is 5.07. The molecule has 1 N–H and O–H groups in total. The number of nitrogens with one attached hydrogen (secondary N) is 1. The summed E-state index contributed by atoms with van der Waals surface area (Å²) >= 11 is 6.04. The second-order valence-corrected chi connectivity index (χ2v) is 9.68. The number of benzene rings is 1. The highest BCUT2D eigenvalue weighted by Gasteiger charge is 2.42. The van der Waals surface area contributed by atoms with Crippen LogP contribution in [0.2, 0.25) is 5.02 Å². The Bertz CT molecular complexity index is 1130. The summed E-state index contributed by atoms with van der Waals surface area (Å²) in [6, 6.07) is 5.16. The van der Waals surface area contributed by atoms with Crippen molar-refractivity contribution >= 4 is 41.1 Å². The lowest BCUT2D eigenvalue weighted by Crippen LogP contribution is -2.44. The van der Waals surface area contributed by atoms with E-state index in [1.807, 2.05) is 9.80 Å². The van der Waals surface area contributed by atoms with E-state index in [-0.39, 0.29) is 23.1 Å². The number of carbonyl (C=O) groups excluding carboxylic acids is 3. The van der Waals surface area contributed by atoms with Crippen LogP contribution in [0.15, 0.2) is 28.8 Å². The van der Waals surface area contributed by atoms with Gasteiger partial charge in [0.1, 0.15) is 11.3 Å². The lowest BCUT2D eigenvalue weighted by molar-refractivity contribution is -0.125. The van der Waals surface area contributed by atoms with Crippen molar-refractivity contribution in [2.45, 2.75) is 40.0 Å². The van der Waals surface area contributed by atoms with Gasteiger partial charge in [0.15, 0.2) is 0 Å². The third-order valence-electron chi connectivity index (χ3n) is 6.84. The number of amides is 3. The number of aromatic nitrogens is 1. The topological polar surface area (TPSA) is 95.8 Å². The average molecular weight is 485 g/mol. The number of hydrogen-bond donors (Lipinski definition) is 1. The number of halogens is 1. The molecule has 180 valence electrons.